The lowest BCUT2D eigenvalue weighted by Crippen LogP contribution is -2.45. The van der Waals surface area contributed by atoms with E-state index in [0.29, 0.717) is 13.1 Å². The Bertz CT molecular complexity index is 386. The SMILES string of the molecule is Cc1cccc(CNCC(C)(O)CN(C)C)c1C. The summed E-state index contributed by atoms with van der Waals surface area (Å²) in [5, 5.41) is 13.5. The second kappa shape index (κ2) is 6.32. The molecule has 0 fully saturated rings. The lowest BCUT2D eigenvalue weighted by Gasteiger charge is -2.27. The van der Waals surface area contributed by atoms with Gasteiger partial charge in [-0.25, -0.2) is 0 Å². The van der Waals surface area contributed by atoms with Gasteiger partial charge in [-0.1, -0.05) is 18.2 Å². The molecule has 0 heterocycles. The lowest BCUT2D eigenvalue weighted by molar-refractivity contribution is 0.0336. The highest BCUT2D eigenvalue weighted by molar-refractivity contribution is 5.32. The van der Waals surface area contributed by atoms with Crippen molar-refractivity contribution in [2.75, 3.05) is 27.2 Å². The monoisotopic (exact) mass is 250 g/mol. The Labute approximate surface area is 111 Å². The van der Waals surface area contributed by atoms with Gasteiger partial charge in [-0.2, -0.15) is 0 Å². The molecule has 3 heteroatoms. The first-order chi connectivity index (χ1) is 8.32. The van der Waals surface area contributed by atoms with Crippen LogP contribution in [0.5, 0.6) is 0 Å². The van der Waals surface area contributed by atoms with Crippen LogP contribution in [0.3, 0.4) is 0 Å². The summed E-state index contributed by atoms with van der Waals surface area (Å²) >= 11 is 0. The largest absolute Gasteiger partial charge is 0.388 e. The molecular weight excluding hydrogens is 224 g/mol. The maximum Gasteiger partial charge on any atom is 0.0869 e. The van der Waals surface area contributed by atoms with Gasteiger partial charge >= 0.3 is 0 Å². The van der Waals surface area contributed by atoms with Crippen LogP contribution in [0.4, 0.5) is 0 Å². The second-order valence-electron chi connectivity index (χ2n) is 5.70. The minimum Gasteiger partial charge on any atom is -0.388 e. The van der Waals surface area contributed by atoms with Crippen LogP contribution in [0.2, 0.25) is 0 Å². The number of likely N-dealkylation sites (N-methyl/N-ethyl adjacent to an activating group) is 1. The van der Waals surface area contributed by atoms with E-state index >= 15 is 0 Å². The van der Waals surface area contributed by atoms with E-state index < -0.39 is 5.60 Å². The van der Waals surface area contributed by atoms with Gasteiger partial charge in [-0.15, -0.1) is 0 Å². The summed E-state index contributed by atoms with van der Waals surface area (Å²) in [5.41, 5.74) is 3.25. The van der Waals surface area contributed by atoms with Gasteiger partial charge in [0.25, 0.3) is 0 Å². The molecule has 3 nitrogen and oxygen atoms in total. The molecule has 0 radical (unpaired) electrons. The Morgan fingerprint density at radius 3 is 2.56 bits per heavy atom. The first-order valence-corrected chi connectivity index (χ1v) is 6.45. The number of aryl methyl sites for hydroxylation is 1. The Morgan fingerprint density at radius 1 is 1.28 bits per heavy atom. The van der Waals surface area contributed by atoms with Crippen LogP contribution in [-0.4, -0.2) is 42.8 Å². The lowest BCUT2D eigenvalue weighted by atomic mass is 10.0. The summed E-state index contributed by atoms with van der Waals surface area (Å²) in [6, 6.07) is 6.34. The number of rotatable bonds is 6. The van der Waals surface area contributed by atoms with Crippen LogP contribution in [-0.2, 0) is 6.54 Å². The molecule has 1 atom stereocenters. The molecule has 18 heavy (non-hydrogen) atoms. The van der Waals surface area contributed by atoms with Crippen LogP contribution in [0.15, 0.2) is 18.2 Å². The van der Waals surface area contributed by atoms with Crippen molar-refractivity contribution < 1.29 is 5.11 Å². The zero-order valence-corrected chi connectivity index (χ0v) is 12.2. The van der Waals surface area contributed by atoms with E-state index in [-0.39, 0.29) is 0 Å². The standard InChI is InChI=1S/C15H26N2O/c1-12-7-6-8-14(13(12)2)9-16-10-15(3,18)11-17(4)5/h6-8,16,18H,9-11H2,1-5H3. The quantitative estimate of drug-likeness (QED) is 0.807. The number of hydrogen-bond donors (Lipinski definition) is 2. The van der Waals surface area contributed by atoms with Crippen LogP contribution in [0, 0.1) is 13.8 Å². The number of nitrogens with one attached hydrogen (secondary N) is 1. The van der Waals surface area contributed by atoms with Gasteiger partial charge in [0.2, 0.25) is 0 Å². The molecule has 0 aliphatic rings. The molecule has 2 N–H and O–H groups in total. The van der Waals surface area contributed by atoms with E-state index in [2.05, 4.69) is 37.4 Å². The minimum absolute atomic E-state index is 0.596. The van der Waals surface area contributed by atoms with Crippen molar-refractivity contribution in [3.63, 3.8) is 0 Å². The van der Waals surface area contributed by atoms with Crippen molar-refractivity contribution in [3.8, 4) is 0 Å². The van der Waals surface area contributed by atoms with Gasteiger partial charge in [0.05, 0.1) is 5.60 Å². The molecule has 0 aliphatic heterocycles. The van der Waals surface area contributed by atoms with Gasteiger partial charge in [0, 0.05) is 19.6 Å². The van der Waals surface area contributed by atoms with E-state index in [1.807, 2.05) is 25.9 Å². The highest BCUT2D eigenvalue weighted by Crippen LogP contribution is 2.12. The van der Waals surface area contributed by atoms with Crippen molar-refractivity contribution >= 4 is 0 Å². The summed E-state index contributed by atoms with van der Waals surface area (Å²) in [6.07, 6.45) is 0. The van der Waals surface area contributed by atoms with Gasteiger partial charge in [0.15, 0.2) is 0 Å². The van der Waals surface area contributed by atoms with Crippen LogP contribution < -0.4 is 5.32 Å². The molecule has 1 unspecified atom stereocenters. The van der Waals surface area contributed by atoms with E-state index in [0.717, 1.165) is 6.54 Å². The number of nitrogens with zero attached hydrogens (tertiary/aromatic N) is 1. The molecule has 0 saturated carbocycles. The van der Waals surface area contributed by atoms with Gasteiger partial charge in [-0.05, 0) is 51.6 Å². The molecular formula is C15H26N2O. The summed E-state index contributed by atoms with van der Waals surface area (Å²) in [7, 11) is 3.94. The molecule has 0 amide bonds. The zero-order valence-electron chi connectivity index (χ0n) is 12.2. The smallest absolute Gasteiger partial charge is 0.0869 e. The maximum atomic E-state index is 10.2. The van der Waals surface area contributed by atoms with Crippen molar-refractivity contribution in [3.05, 3.63) is 34.9 Å². The van der Waals surface area contributed by atoms with E-state index in [1.165, 1.54) is 16.7 Å². The van der Waals surface area contributed by atoms with Crippen molar-refractivity contribution in [1.82, 2.24) is 10.2 Å². The van der Waals surface area contributed by atoms with Gasteiger partial charge in [0.1, 0.15) is 0 Å². The summed E-state index contributed by atoms with van der Waals surface area (Å²) in [4.78, 5) is 2.00. The molecule has 1 rings (SSSR count). The van der Waals surface area contributed by atoms with Gasteiger partial charge in [-0.3, -0.25) is 0 Å². The van der Waals surface area contributed by atoms with E-state index in [4.69, 9.17) is 0 Å². The van der Waals surface area contributed by atoms with E-state index in [9.17, 15) is 5.11 Å². The van der Waals surface area contributed by atoms with Crippen molar-refractivity contribution in [2.24, 2.45) is 0 Å². The summed E-state index contributed by atoms with van der Waals surface area (Å²) in [5.74, 6) is 0. The Hall–Kier alpha value is -0.900. The van der Waals surface area contributed by atoms with Crippen molar-refractivity contribution in [1.29, 1.82) is 0 Å². The molecule has 1 aromatic carbocycles. The minimum atomic E-state index is -0.693. The third-order valence-corrected chi connectivity index (χ3v) is 3.19. The third kappa shape index (κ3) is 4.77. The van der Waals surface area contributed by atoms with Crippen molar-refractivity contribution in [2.45, 2.75) is 32.9 Å². The zero-order chi connectivity index (χ0) is 13.8. The topological polar surface area (TPSA) is 35.5 Å². The van der Waals surface area contributed by atoms with E-state index in [1.54, 1.807) is 0 Å². The Balaban J connectivity index is 2.49. The van der Waals surface area contributed by atoms with Crippen LogP contribution in [0.1, 0.15) is 23.6 Å². The molecule has 1 aromatic rings. The fourth-order valence-corrected chi connectivity index (χ4v) is 2.21. The van der Waals surface area contributed by atoms with Crippen LogP contribution in [0.25, 0.3) is 0 Å². The summed E-state index contributed by atoms with van der Waals surface area (Å²) < 4.78 is 0. The molecule has 0 spiro atoms. The Morgan fingerprint density at radius 2 is 1.94 bits per heavy atom. The molecule has 0 saturated heterocycles. The third-order valence-electron chi connectivity index (χ3n) is 3.19. The second-order valence-corrected chi connectivity index (χ2v) is 5.70. The predicted molar refractivity (Wildman–Crippen MR) is 76.8 cm³/mol. The Kier molecular flexibility index (Phi) is 5.32. The summed E-state index contributed by atoms with van der Waals surface area (Å²) in [6.45, 7) is 8.19. The number of aliphatic hydroxyl groups is 1. The maximum absolute atomic E-state index is 10.2. The number of benzene rings is 1. The average Bonchev–Trinajstić information content (AvgIpc) is 2.22. The highest BCUT2D eigenvalue weighted by atomic mass is 16.3. The molecule has 0 bridgehead atoms. The highest BCUT2D eigenvalue weighted by Gasteiger charge is 2.20. The first-order valence-electron chi connectivity index (χ1n) is 6.45. The molecule has 102 valence electrons. The normalized spacial score (nSPS) is 14.8. The first kappa shape index (κ1) is 15.2. The molecule has 0 aliphatic carbocycles. The van der Waals surface area contributed by atoms with Gasteiger partial charge < -0.3 is 15.3 Å². The fourth-order valence-electron chi connectivity index (χ4n) is 2.21. The fraction of sp³-hybridized carbons (Fsp3) is 0.600. The van der Waals surface area contributed by atoms with Crippen LogP contribution >= 0.6 is 0 Å². The number of hydrogen-bond acceptors (Lipinski definition) is 3. The average molecular weight is 250 g/mol. The molecule has 0 aromatic heterocycles. The predicted octanol–water partition coefficient (Wildman–Crippen LogP) is 1.71.